The molecule has 1 aliphatic heterocycles. The lowest BCUT2D eigenvalue weighted by Gasteiger charge is -2.18. The van der Waals surface area contributed by atoms with Crippen molar-refractivity contribution in [2.45, 2.75) is 38.0 Å². The van der Waals surface area contributed by atoms with Crippen LogP contribution in [0.3, 0.4) is 0 Å². The van der Waals surface area contributed by atoms with Gasteiger partial charge in [-0.15, -0.1) is 0 Å². The first-order valence-electron chi connectivity index (χ1n) is 8.29. The zero-order chi connectivity index (χ0) is 17.8. The van der Waals surface area contributed by atoms with Gasteiger partial charge in [0.05, 0.1) is 16.3 Å². The highest BCUT2D eigenvalue weighted by atomic mass is 35.5. The van der Waals surface area contributed by atoms with Crippen LogP contribution in [0.5, 0.6) is 0 Å². The van der Waals surface area contributed by atoms with Gasteiger partial charge in [-0.05, 0) is 25.0 Å². The highest BCUT2D eigenvalue weighted by Crippen LogP contribution is 2.33. The number of halogens is 3. The summed E-state index contributed by atoms with van der Waals surface area (Å²) in [7, 11) is 0. The number of benzene rings is 1. The molecule has 1 aromatic carbocycles. The van der Waals surface area contributed by atoms with E-state index in [2.05, 4.69) is 15.3 Å². The molecular formula is C18H18ClF2N3O. The highest BCUT2D eigenvalue weighted by Gasteiger charge is 2.26. The SMILES string of the molecule is O=C(CC1CCCCCNc2nccnc21)c1c(F)ccc(F)c1Cl. The van der Waals surface area contributed by atoms with Crippen LogP contribution in [0.4, 0.5) is 14.6 Å². The fourth-order valence-electron chi connectivity index (χ4n) is 3.13. The number of carbonyl (C=O) groups is 1. The molecule has 0 amide bonds. The zero-order valence-electron chi connectivity index (χ0n) is 13.6. The quantitative estimate of drug-likeness (QED) is 0.630. The number of nitrogens with zero attached hydrogens (tertiary/aromatic N) is 2. The molecule has 1 unspecified atom stereocenters. The van der Waals surface area contributed by atoms with Crippen molar-refractivity contribution in [2.24, 2.45) is 0 Å². The second kappa shape index (κ2) is 7.87. The fraction of sp³-hybridized carbons (Fsp3) is 0.389. The van der Waals surface area contributed by atoms with Gasteiger partial charge in [0.25, 0.3) is 0 Å². The number of rotatable bonds is 3. The van der Waals surface area contributed by atoms with E-state index in [1.54, 1.807) is 12.4 Å². The summed E-state index contributed by atoms with van der Waals surface area (Å²) in [6.07, 6.45) is 6.84. The molecular weight excluding hydrogens is 348 g/mol. The average molecular weight is 366 g/mol. The molecule has 4 nitrogen and oxygen atoms in total. The van der Waals surface area contributed by atoms with Gasteiger partial charge in [0.2, 0.25) is 0 Å². The van der Waals surface area contributed by atoms with Crippen LogP contribution in [0.25, 0.3) is 0 Å². The molecule has 0 aliphatic carbocycles. The molecule has 0 fully saturated rings. The van der Waals surface area contributed by atoms with Crippen LogP contribution in [-0.4, -0.2) is 22.3 Å². The molecule has 2 heterocycles. The molecule has 0 radical (unpaired) electrons. The third kappa shape index (κ3) is 3.95. The maximum Gasteiger partial charge on any atom is 0.168 e. The van der Waals surface area contributed by atoms with Gasteiger partial charge in [-0.3, -0.25) is 9.78 Å². The minimum Gasteiger partial charge on any atom is -0.369 e. The highest BCUT2D eigenvalue weighted by molar-refractivity contribution is 6.34. The minimum absolute atomic E-state index is 0.00741. The van der Waals surface area contributed by atoms with E-state index >= 15 is 0 Å². The topological polar surface area (TPSA) is 54.9 Å². The second-order valence-corrected chi connectivity index (χ2v) is 6.49. The van der Waals surface area contributed by atoms with Crippen molar-refractivity contribution >= 4 is 23.2 Å². The second-order valence-electron chi connectivity index (χ2n) is 6.11. The van der Waals surface area contributed by atoms with E-state index in [-0.39, 0.29) is 17.9 Å². The fourth-order valence-corrected chi connectivity index (χ4v) is 3.39. The van der Waals surface area contributed by atoms with Crippen molar-refractivity contribution in [3.05, 3.63) is 52.4 Å². The molecule has 132 valence electrons. The zero-order valence-corrected chi connectivity index (χ0v) is 14.3. The Labute approximate surface area is 149 Å². The molecule has 7 heteroatoms. The van der Waals surface area contributed by atoms with Crippen LogP contribution < -0.4 is 5.32 Å². The summed E-state index contributed by atoms with van der Waals surface area (Å²) in [6.45, 7) is 0.788. The van der Waals surface area contributed by atoms with Crippen LogP contribution in [0.1, 0.15) is 54.1 Å². The van der Waals surface area contributed by atoms with Gasteiger partial charge in [0.15, 0.2) is 5.78 Å². The third-order valence-corrected chi connectivity index (χ3v) is 4.76. The number of ketones is 1. The maximum atomic E-state index is 14.0. The Bertz CT molecular complexity index is 785. The van der Waals surface area contributed by atoms with E-state index in [9.17, 15) is 13.6 Å². The van der Waals surface area contributed by atoms with Gasteiger partial charge >= 0.3 is 0 Å². The summed E-state index contributed by atoms with van der Waals surface area (Å²) < 4.78 is 27.7. The maximum absolute atomic E-state index is 14.0. The van der Waals surface area contributed by atoms with E-state index in [0.29, 0.717) is 11.5 Å². The molecule has 1 atom stereocenters. The van der Waals surface area contributed by atoms with E-state index in [1.807, 2.05) is 0 Å². The summed E-state index contributed by atoms with van der Waals surface area (Å²) in [5, 5.41) is 2.77. The monoisotopic (exact) mass is 365 g/mol. The van der Waals surface area contributed by atoms with E-state index in [4.69, 9.17) is 11.6 Å². The Morgan fingerprint density at radius 2 is 1.92 bits per heavy atom. The summed E-state index contributed by atoms with van der Waals surface area (Å²) in [4.78, 5) is 21.3. The predicted molar refractivity (Wildman–Crippen MR) is 92.0 cm³/mol. The first-order valence-corrected chi connectivity index (χ1v) is 8.67. The Kier molecular flexibility index (Phi) is 5.58. The van der Waals surface area contributed by atoms with Crippen LogP contribution >= 0.6 is 11.6 Å². The Balaban J connectivity index is 1.91. The molecule has 1 aromatic heterocycles. The number of nitrogens with one attached hydrogen (secondary N) is 1. The molecule has 1 aliphatic rings. The Morgan fingerprint density at radius 1 is 1.16 bits per heavy atom. The molecule has 0 spiro atoms. The number of hydrogen-bond donors (Lipinski definition) is 1. The lowest BCUT2D eigenvalue weighted by Crippen LogP contribution is -2.14. The number of aromatic nitrogens is 2. The van der Waals surface area contributed by atoms with Gasteiger partial charge in [-0.25, -0.2) is 13.8 Å². The van der Waals surface area contributed by atoms with E-state index in [0.717, 1.165) is 44.4 Å². The Hall–Kier alpha value is -2.08. The van der Waals surface area contributed by atoms with Gasteiger partial charge in [-0.1, -0.05) is 24.4 Å². The van der Waals surface area contributed by atoms with Gasteiger partial charge in [-0.2, -0.15) is 0 Å². The van der Waals surface area contributed by atoms with Crippen LogP contribution in [0, 0.1) is 11.6 Å². The van der Waals surface area contributed by atoms with Crippen LogP contribution in [0.2, 0.25) is 5.02 Å². The van der Waals surface area contributed by atoms with Crippen LogP contribution in [-0.2, 0) is 0 Å². The average Bonchev–Trinajstić information content (AvgIpc) is 2.70. The largest absolute Gasteiger partial charge is 0.369 e. The van der Waals surface area contributed by atoms with Crippen molar-refractivity contribution in [1.29, 1.82) is 0 Å². The normalized spacial score (nSPS) is 17.6. The van der Waals surface area contributed by atoms with Crippen molar-refractivity contribution in [2.75, 3.05) is 11.9 Å². The van der Waals surface area contributed by atoms with Gasteiger partial charge in [0.1, 0.15) is 17.5 Å². The summed E-state index contributed by atoms with van der Waals surface area (Å²) in [5.74, 6) is -1.71. The van der Waals surface area contributed by atoms with Crippen molar-refractivity contribution in [1.82, 2.24) is 9.97 Å². The van der Waals surface area contributed by atoms with Gasteiger partial charge in [0, 0.05) is 31.3 Å². The molecule has 0 saturated heterocycles. The minimum atomic E-state index is -0.808. The van der Waals surface area contributed by atoms with Crippen molar-refractivity contribution in [3.8, 4) is 0 Å². The molecule has 0 bridgehead atoms. The molecule has 1 N–H and O–H groups in total. The first kappa shape index (κ1) is 17.7. The lowest BCUT2D eigenvalue weighted by atomic mass is 9.90. The molecule has 25 heavy (non-hydrogen) atoms. The summed E-state index contributed by atoms with van der Waals surface area (Å²) >= 11 is 5.82. The van der Waals surface area contributed by atoms with Crippen LogP contribution in [0.15, 0.2) is 24.5 Å². The number of carbonyl (C=O) groups excluding carboxylic acids is 1. The first-order chi connectivity index (χ1) is 12.1. The predicted octanol–water partition coefficient (Wildman–Crippen LogP) is 4.75. The number of anilines is 1. The molecule has 0 saturated carbocycles. The smallest absolute Gasteiger partial charge is 0.168 e. The lowest BCUT2D eigenvalue weighted by molar-refractivity contribution is 0.0967. The van der Waals surface area contributed by atoms with Crippen molar-refractivity contribution < 1.29 is 13.6 Å². The summed E-state index contributed by atoms with van der Waals surface area (Å²) in [5.41, 5.74) is 0.297. The Morgan fingerprint density at radius 3 is 2.76 bits per heavy atom. The third-order valence-electron chi connectivity index (χ3n) is 4.39. The standard InChI is InChI=1S/C18H18ClF2N3O/c19-16-13(21)6-5-12(20)15(16)14(25)10-11-4-2-1-3-7-23-18-17(11)22-8-9-24-18/h5-6,8-9,11H,1-4,7,10H2,(H,23,24). The van der Waals surface area contributed by atoms with E-state index in [1.165, 1.54) is 0 Å². The van der Waals surface area contributed by atoms with Crippen molar-refractivity contribution in [3.63, 3.8) is 0 Å². The molecule has 2 aromatic rings. The van der Waals surface area contributed by atoms with Gasteiger partial charge < -0.3 is 5.32 Å². The molecule has 3 rings (SSSR count). The summed E-state index contributed by atoms with van der Waals surface area (Å²) in [6, 6.07) is 1.84. The number of hydrogen-bond acceptors (Lipinski definition) is 4. The number of Topliss-reactive ketones (excluding diaryl/α,β-unsaturated/α-hetero) is 1. The number of fused-ring (bicyclic) bond motifs is 1. The van der Waals surface area contributed by atoms with E-state index < -0.39 is 22.4 Å².